The van der Waals surface area contributed by atoms with E-state index in [1.165, 1.54) is 10.7 Å². The summed E-state index contributed by atoms with van der Waals surface area (Å²) in [6, 6.07) is 24.8. The van der Waals surface area contributed by atoms with Crippen LogP contribution in [0.2, 0.25) is 0 Å². The Hall–Kier alpha value is -4.92. The number of fused-ring (bicyclic) bond motifs is 1. The van der Waals surface area contributed by atoms with Gasteiger partial charge in [-0.2, -0.15) is 0 Å². The summed E-state index contributed by atoms with van der Waals surface area (Å²) in [6.45, 7) is -0.506. The van der Waals surface area contributed by atoms with E-state index in [1.54, 1.807) is 42.5 Å². The van der Waals surface area contributed by atoms with E-state index in [0.717, 1.165) is 5.56 Å². The molecule has 34 heavy (non-hydrogen) atoms. The van der Waals surface area contributed by atoms with Crippen LogP contribution in [0, 0.1) is 0 Å². The van der Waals surface area contributed by atoms with Gasteiger partial charge in [0.25, 0.3) is 11.5 Å². The molecule has 0 saturated carbocycles. The lowest BCUT2D eigenvalue weighted by Crippen LogP contribution is -2.21. The highest BCUT2D eigenvalue weighted by atomic mass is 16.5. The lowest BCUT2D eigenvalue weighted by Gasteiger charge is -2.06. The predicted octanol–water partition coefficient (Wildman–Crippen LogP) is 3.50. The summed E-state index contributed by atoms with van der Waals surface area (Å²) in [5.74, 6) is -0.341. The van der Waals surface area contributed by atoms with Crippen molar-refractivity contribution in [3.63, 3.8) is 0 Å². The Morgan fingerprint density at radius 2 is 1.68 bits per heavy atom. The van der Waals surface area contributed by atoms with Crippen LogP contribution in [0.1, 0.15) is 10.4 Å². The first kappa shape index (κ1) is 21.0. The van der Waals surface area contributed by atoms with Gasteiger partial charge in [-0.25, -0.2) is 14.5 Å². The third-order valence-electron chi connectivity index (χ3n) is 5.11. The summed E-state index contributed by atoms with van der Waals surface area (Å²) in [5, 5.41) is 5.33. The zero-order chi connectivity index (χ0) is 23.5. The van der Waals surface area contributed by atoms with Crippen molar-refractivity contribution in [3.05, 3.63) is 101 Å². The average molecular weight is 453 g/mol. The third-order valence-corrected chi connectivity index (χ3v) is 5.11. The second-order valence-electron chi connectivity index (χ2n) is 7.49. The van der Waals surface area contributed by atoms with Crippen molar-refractivity contribution in [1.29, 1.82) is 0 Å². The van der Waals surface area contributed by atoms with Crippen LogP contribution in [-0.2, 0) is 9.53 Å². The molecule has 3 aromatic carbocycles. The van der Waals surface area contributed by atoms with Gasteiger partial charge in [0, 0.05) is 11.6 Å². The van der Waals surface area contributed by atoms with E-state index in [4.69, 9.17) is 4.74 Å². The number of esters is 1. The lowest BCUT2D eigenvalue weighted by molar-refractivity contribution is -0.119. The van der Waals surface area contributed by atoms with E-state index in [0.29, 0.717) is 22.5 Å². The smallest absolute Gasteiger partial charge is 0.338 e. The first-order chi connectivity index (χ1) is 16.6. The molecule has 0 radical (unpaired) electrons. The van der Waals surface area contributed by atoms with Crippen molar-refractivity contribution >= 4 is 28.7 Å². The van der Waals surface area contributed by atoms with Crippen LogP contribution in [0.5, 0.6) is 0 Å². The van der Waals surface area contributed by atoms with E-state index in [2.05, 4.69) is 20.4 Å². The molecule has 5 rings (SSSR count). The molecule has 3 N–H and O–H groups in total. The number of amides is 1. The highest BCUT2D eigenvalue weighted by Crippen LogP contribution is 2.21. The lowest BCUT2D eigenvalue weighted by atomic mass is 10.2. The SMILES string of the molecule is O=C(COC(=O)c1ccc2nc(-c3ccccc3)[nH]c2c1)Nc1cc(=O)n(-c2ccccc2)[nH]1. The third kappa shape index (κ3) is 4.35. The Labute approximate surface area is 193 Å². The Bertz CT molecular complexity index is 1530. The number of H-pyrrole nitrogens is 2. The van der Waals surface area contributed by atoms with E-state index < -0.39 is 18.5 Å². The van der Waals surface area contributed by atoms with Gasteiger partial charge < -0.3 is 15.0 Å². The van der Waals surface area contributed by atoms with Gasteiger partial charge in [0.15, 0.2) is 6.61 Å². The van der Waals surface area contributed by atoms with Crippen molar-refractivity contribution in [1.82, 2.24) is 19.7 Å². The zero-order valence-corrected chi connectivity index (χ0v) is 17.8. The van der Waals surface area contributed by atoms with Gasteiger partial charge in [-0.05, 0) is 30.3 Å². The van der Waals surface area contributed by atoms with E-state index >= 15 is 0 Å². The molecule has 0 spiro atoms. The average Bonchev–Trinajstić information content (AvgIpc) is 3.46. The van der Waals surface area contributed by atoms with Crippen LogP contribution in [0.3, 0.4) is 0 Å². The molecule has 5 aromatic rings. The van der Waals surface area contributed by atoms with Gasteiger partial charge in [0.2, 0.25) is 0 Å². The molecular weight excluding hydrogens is 434 g/mol. The number of nitrogens with zero attached hydrogens (tertiary/aromatic N) is 2. The number of imidazole rings is 1. The molecule has 0 aliphatic rings. The Morgan fingerprint density at radius 1 is 0.941 bits per heavy atom. The van der Waals surface area contributed by atoms with Crippen LogP contribution in [-0.4, -0.2) is 38.2 Å². The van der Waals surface area contributed by atoms with Gasteiger partial charge in [-0.15, -0.1) is 0 Å². The van der Waals surface area contributed by atoms with E-state index in [1.807, 2.05) is 36.4 Å². The molecule has 0 aliphatic heterocycles. The number of aromatic nitrogens is 4. The number of hydrogen-bond donors (Lipinski definition) is 3. The summed E-state index contributed by atoms with van der Waals surface area (Å²) in [5.41, 5.74) is 2.90. The van der Waals surface area contributed by atoms with Crippen LogP contribution < -0.4 is 10.9 Å². The number of nitrogens with one attached hydrogen (secondary N) is 3. The zero-order valence-electron chi connectivity index (χ0n) is 17.8. The molecule has 0 bridgehead atoms. The summed E-state index contributed by atoms with van der Waals surface area (Å²) < 4.78 is 6.44. The molecule has 0 fully saturated rings. The molecule has 9 heteroatoms. The predicted molar refractivity (Wildman–Crippen MR) is 127 cm³/mol. The second kappa shape index (κ2) is 8.91. The Kier molecular flexibility index (Phi) is 5.49. The Morgan fingerprint density at radius 3 is 2.44 bits per heavy atom. The minimum absolute atomic E-state index is 0.197. The highest BCUT2D eigenvalue weighted by molar-refractivity contribution is 5.97. The van der Waals surface area contributed by atoms with Gasteiger partial charge in [0.1, 0.15) is 11.6 Å². The Balaban J connectivity index is 1.23. The van der Waals surface area contributed by atoms with E-state index in [9.17, 15) is 14.4 Å². The number of aromatic amines is 2. The summed E-state index contributed by atoms with van der Waals surface area (Å²) in [6.07, 6.45) is 0. The van der Waals surface area contributed by atoms with Crippen LogP contribution in [0.25, 0.3) is 28.1 Å². The quantitative estimate of drug-likeness (QED) is 0.340. The topological polar surface area (TPSA) is 122 Å². The molecule has 9 nitrogen and oxygen atoms in total. The first-order valence-electron chi connectivity index (χ1n) is 10.5. The molecule has 0 aliphatic carbocycles. The molecule has 2 aromatic heterocycles. The number of carbonyl (C=O) groups excluding carboxylic acids is 2. The standard InChI is InChI=1S/C25H19N5O4/c31-22(28-21-14-23(32)30(29-21)18-9-5-2-6-10-18)15-34-25(33)17-11-12-19-20(13-17)27-24(26-19)16-7-3-1-4-8-16/h1-14,29H,15H2,(H,26,27)(H,28,31). The minimum atomic E-state index is -0.650. The maximum atomic E-state index is 12.5. The van der Waals surface area contributed by atoms with Crippen molar-refractivity contribution in [3.8, 4) is 17.1 Å². The molecular formula is C25H19N5O4. The van der Waals surface area contributed by atoms with Crippen molar-refractivity contribution in [2.24, 2.45) is 0 Å². The minimum Gasteiger partial charge on any atom is -0.452 e. The highest BCUT2D eigenvalue weighted by Gasteiger charge is 2.14. The van der Waals surface area contributed by atoms with Gasteiger partial charge in [-0.1, -0.05) is 48.5 Å². The fourth-order valence-corrected chi connectivity index (χ4v) is 3.50. The number of rotatable bonds is 6. The van der Waals surface area contributed by atoms with Gasteiger partial charge in [-0.3, -0.25) is 14.7 Å². The number of hydrogen-bond acceptors (Lipinski definition) is 5. The normalized spacial score (nSPS) is 10.8. The van der Waals surface area contributed by atoms with Crippen LogP contribution in [0.4, 0.5) is 5.82 Å². The fraction of sp³-hybridized carbons (Fsp3) is 0.0400. The summed E-state index contributed by atoms with van der Waals surface area (Å²) >= 11 is 0. The number of carbonyl (C=O) groups is 2. The molecule has 168 valence electrons. The van der Waals surface area contributed by atoms with Crippen molar-refractivity contribution in [2.75, 3.05) is 11.9 Å². The van der Waals surface area contributed by atoms with Gasteiger partial charge >= 0.3 is 5.97 Å². The monoisotopic (exact) mass is 453 g/mol. The maximum Gasteiger partial charge on any atom is 0.338 e. The first-order valence-corrected chi connectivity index (χ1v) is 10.5. The van der Waals surface area contributed by atoms with Crippen LogP contribution in [0.15, 0.2) is 89.7 Å². The number of ether oxygens (including phenoxy) is 1. The fourth-order valence-electron chi connectivity index (χ4n) is 3.50. The molecule has 0 unspecified atom stereocenters. The van der Waals surface area contributed by atoms with Crippen LogP contribution >= 0.6 is 0 Å². The van der Waals surface area contributed by atoms with Crippen molar-refractivity contribution in [2.45, 2.75) is 0 Å². The molecule has 0 atom stereocenters. The molecule has 0 saturated heterocycles. The number of benzene rings is 3. The van der Waals surface area contributed by atoms with Gasteiger partial charge in [0.05, 0.1) is 22.3 Å². The number of para-hydroxylation sites is 1. The molecule has 2 heterocycles. The van der Waals surface area contributed by atoms with E-state index in [-0.39, 0.29) is 16.9 Å². The second-order valence-corrected chi connectivity index (χ2v) is 7.49. The summed E-state index contributed by atoms with van der Waals surface area (Å²) in [4.78, 5) is 44.6. The molecule has 1 amide bonds. The van der Waals surface area contributed by atoms with Crippen molar-refractivity contribution < 1.29 is 14.3 Å². The number of anilines is 1. The maximum absolute atomic E-state index is 12.5. The largest absolute Gasteiger partial charge is 0.452 e. The summed E-state index contributed by atoms with van der Waals surface area (Å²) in [7, 11) is 0.